The average Bonchev–Trinajstić information content (AvgIpc) is 0.918. The summed E-state index contributed by atoms with van der Waals surface area (Å²) in [6, 6.07) is 0. The van der Waals surface area contributed by atoms with Crippen LogP contribution in [0.2, 0.25) is 0 Å². The minimum absolute atomic E-state index is 0. The predicted octanol–water partition coefficient (Wildman–Crippen LogP) is -0.167. The summed E-state index contributed by atoms with van der Waals surface area (Å²) in [5.74, 6) is 0. The van der Waals surface area contributed by atoms with E-state index in [2.05, 4.69) is 5.32 Å². The molecule has 0 spiro atoms. The van der Waals surface area contributed by atoms with Gasteiger partial charge in [0.15, 0.2) is 0 Å². The van der Waals surface area contributed by atoms with Crippen molar-refractivity contribution in [3.63, 3.8) is 0 Å². The first kappa shape index (κ1) is 8.82. The summed E-state index contributed by atoms with van der Waals surface area (Å²) in [5.41, 5.74) is 0. The molecule has 0 aromatic carbocycles. The van der Waals surface area contributed by atoms with Crippen LogP contribution in [0.25, 0.3) is 0 Å². The molecule has 0 aliphatic heterocycles. The molecule has 0 amide bonds. The van der Waals surface area contributed by atoms with Gasteiger partial charge in [0, 0.05) is 16.5 Å². The second-order valence-corrected chi connectivity index (χ2v) is 0.500. The van der Waals surface area contributed by atoms with Crippen molar-refractivity contribution in [2.45, 2.75) is 0 Å². The zero-order chi connectivity index (χ0) is 2.71. The average molecular weight is 104 g/mol. The molecule has 4 heavy (non-hydrogen) atoms. The molecule has 2 heteroatoms. The van der Waals surface area contributed by atoms with Crippen molar-refractivity contribution < 1.29 is 16.5 Å². The molecule has 0 bridgehead atoms. The zero-order valence-corrected chi connectivity index (χ0v) is 3.80. The van der Waals surface area contributed by atoms with Crippen LogP contribution in [-0.2, 0) is 16.5 Å². The number of rotatable bonds is 0. The number of hydrogen-bond donors (Lipinski definition) is 1. The Labute approximate surface area is 36.7 Å². The van der Waals surface area contributed by atoms with Gasteiger partial charge in [-0.15, -0.1) is 0 Å². The summed E-state index contributed by atoms with van der Waals surface area (Å²) >= 11 is 0. The monoisotopic (exact) mass is 103 g/mol. The van der Waals surface area contributed by atoms with E-state index in [9.17, 15) is 0 Å². The van der Waals surface area contributed by atoms with Crippen LogP contribution < -0.4 is 5.32 Å². The summed E-state index contributed by atoms with van der Waals surface area (Å²) in [7, 11) is 3.75. The Bertz CT molecular complexity index is 6.00. The minimum Gasteiger partial charge on any atom is -0.323 e. The molecule has 0 aliphatic rings. The van der Waals surface area contributed by atoms with E-state index in [-0.39, 0.29) is 16.5 Å². The van der Waals surface area contributed by atoms with Crippen LogP contribution in [0.1, 0.15) is 0 Å². The molecule has 0 saturated carbocycles. The van der Waals surface area contributed by atoms with Crippen molar-refractivity contribution >= 4 is 0 Å². The van der Waals surface area contributed by atoms with Gasteiger partial charge in [-0.25, -0.2) is 0 Å². The van der Waals surface area contributed by atoms with Crippen molar-refractivity contribution in [1.82, 2.24) is 5.32 Å². The Balaban J connectivity index is 0. The fourth-order valence-electron chi connectivity index (χ4n) is 0. The van der Waals surface area contributed by atoms with E-state index >= 15 is 0 Å². The maximum Gasteiger partial charge on any atom is 0 e. The van der Waals surface area contributed by atoms with Crippen LogP contribution in [-0.4, -0.2) is 14.1 Å². The Hall–Kier alpha value is 0.454. The molecule has 0 atom stereocenters. The third-order valence-corrected chi connectivity index (χ3v) is 0. The number of hydrogen-bond acceptors (Lipinski definition) is 1. The van der Waals surface area contributed by atoms with Gasteiger partial charge < -0.3 is 5.32 Å². The zero-order valence-electron chi connectivity index (χ0n) is 2.82. The van der Waals surface area contributed by atoms with Crippen LogP contribution in [0.15, 0.2) is 0 Å². The SMILES string of the molecule is CNC.[Ni]. The quantitative estimate of drug-likeness (QED) is 0.420. The minimum atomic E-state index is 0. The molecule has 30 valence electrons. The second-order valence-electron chi connectivity index (χ2n) is 0.500. The normalized spacial score (nSPS) is 4.50. The van der Waals surface area contributed by atoms with Gasteiger partial charge in [0.25, 0.3) is 0 Å². The fourth-order valence-corrected chi connectivity index (χ4v) is 0. The van der Waals surface area contributed by atoms with Gasteiger partial charge in [0.05, 0.1) is 0 Å². The van der Waals surface area contributed by atoms with Gasteiger partial charge in [-0.05, 0) is 14.1 Å². The van der Waals surface area contributed by atoms with Crippen LogP contribution in [0.5, 0.6) is 0 Å². The first-order valence-electron chi connectivity index (χ1n) is 1.00. The van der Waals surface area contributed by atoms with Crippen molar-refractivity contribution in [1.29, 1.82) is 0 Å². The molecule has 0 aliphatic carbocycles. The van der Waals surface area contributed by atoms with Gasteiger partial charge in [-0.2, -0.15) is 0 Å². The van der Waals surface area contributed by atoms with E-state index in [0.717, 1.165) is 0 Å². The Kier molecular flexibility index (Phi) is 21.7. The predicted molar refractivity (Wildman–Crippen MR) is 15.0 cm³/mol. The van der Waals surface area contributed by atoms with Crippen molar-refractivity contribution in [3.05, 3.63) is 0 Å². The van der Waals surface area contributed by atoms with Crippen molar-refractivity contribution in [2.24, 2.45) is 0 Å². The standard InChI is InChI=1S/C2H7N.Ni/c1-3-2;/h3H,1-2H3;. The molecule has 0 aromatic heterocycles. The summed E-state index contributed by atoms with van der Waals surface area (Å²) in [6.07, 6.45) is 0. The summed E-state index contributed by atoms with van der Waals surface area (Å²) in [4.78, 5) is 0. The van der Waals surface area contributed by atoms with Crippen molar-refractivity contribution in [3.8, 4) is 0 Å². The van der Waals surface area contributed by atoms with E-state index in [1.807, 2.05) is 14.1 Å². The maximum atomic E-state index is 2.75. The van der Waals surface area contributed by atoms with Gasteiger partial charge in [-0.1, -0.05) is 0 Å². The molecular formula is C2H7NNi. The Morgan fingerprint density at radius 3 is 1.25 bits per heavy atom. The van der Waals surface area contributed by atoms with E-state index < -0.39 is 0 Å². The van der Waals surface area contributed by atoms with E-state index in [1.54, 1.807) is 0 Å². The molecule has 1 N–H and O–H groups in total. The molecule has 0 aromatic rings. The topological polar surface area (TPSA) is 12.0 Å². The van der Waals surface area contributed by atoms with Gasteiger partial charge in [-0.3, -0.25) is 0 Å². The first-order chi connectivity index (χ1) is 1.41. The summed E-state index contributed by atoms with van der Waals surface area (Å²) in [5, 5.41) is 2.75. The fraction of sp³-hybridized carbons (Fsp3) is 1.00. The number of nitrogens with one attached hydrogen (secondary N) is 1. The molecule has 0 radical (unpaired) electrons. The Morgan fingerprint density at radius 2 is 1.25 bits per heavy atom. The first-order valence-corrected chi connectivity index (χ1v) is 1.00. The van der Waals surface area contributed by atoms with Crippen LogP contribution in [0.4, 0.5) is 0 Å². The van der Waals surface area contributed by atoms with Crippen LogP contribution in [0, 0.1) is 0 Å². The molecular weight excluding hydrogens is 96.7 g/mol. The summed E-state index contributed by atoms with van der Waals surface area (Å²) in [6.45, 7) is 0. The van der Waals surface area contributed by atoms with Gasteiger partial charge in [0.1, 0.15) is 0 Å². The summed E-state index contributed by atoms with van der Waals surface area (Å²) < 4.78 is 0. The molecule has 0 heterocycles. The molecule has 0 fully saturated rings. The van der Waals surface area contributed by atoms with Gasteiger partial charge in [0.2, 0.25) is 0 Å². The van der Waals surface area contributed by atoms with E-state index in [4.69, 9.17) is 0 Å². The third-order valence-electron chi connectivity index (χ3n) is 0. The smallest absolute Gasteiger partial charge is 0 e. The molecule has 0 rings (SSSR count). The maximum absolute atomic E-state index is 2.75. The second kappa shape index (κ2) is 9.84. The molecule has 0 saturated heterocycles. The van der Waals surface area contributed by atoms with Crippen LogP contribution >= 0.6 is 0 Å². The molecule has 1 nitrogen and oxygen atoms in total. The van der Waals surface area contributed by atoms with Gasteiger partial charge >= 0.3 is 0 Å². The van der Waals surface area contributed by atoms with E-state index in [1.165, 1.54) is 0 Å². The Morgan fingerprint density at radius 1 is 1.25 bits per heavy atom. The van der Waals surface area contributed by atoms with E-state index in [0.29, 0.717) is 0 Å². The molecule has 0 unspecified atom stereocenters. The third kappa shape index (κ3) is 25.2. The van der Waals surface area contributed by atoms with Crippen molar-refractivity contribution in [2.75, 3.05) is 14.1 Å². The largest absolute Gasteiger partial charge is 0.323 e. The van der Waals surface area contributed by atoms with Crippen LogP contribution in [0.3, 0.4) is 0 Å².